The minimum absolute atomic E-state index is 0.113. The number of methoxy groups -OCH3 is 1. The van der Waals surface area contributed by atoms with E-state index < -0.39 is 0 Å². The number of thioether (sulfide) groups is 1. The lowest BCUT2D eigenvalue weighted by Gasteiger charge is -2.21. The molecule has 0 saturated heterocycles. The van der Waals surface area contributed by atoms with E-state index in [1.54, 1.807) is 7.11 Å². The third-order valence-corrected chi connectivity index (χ3v) is 7.22. The second kappa shape index (κ2) is 10.8. The summed E-state index contributed by atoms with van der Waals surface area (Å²) in [5, 5.41) is 15.0. The smallest absolute Gasteiger partial charge is 0.236 e. The molecule has 4 rings (SSSR count). The number of hydrogen-bond acceptors (Lipinski definition) is 7. The fourth-order valence-electron chi connectivity index (χ4n) is 3.88. The molecule has 0 radical (unpaired) electrons. The van der Waals surface area contributed by atoms with Crippen LogP contribution in [0.25, 0.3) is 11.3 Å². The molecule has 32 heavy (non-hydrogen) atoms. The Bertz CT molecular complexity index is 1050. The second-order valence-electron chi connectivity index (χ2n) is 7.68. The van der Waals surface area contributed by atoms with Gasteiger partial charge in [0.1, 0.15) is 11.6 Å². The van der Waals surface area contributed by atoms with Crippen LogP contribution < -0.4 is 10.1 Å². The first-order valence-electron chi connectivity index (χ1n) is 10.7. The number of nitrogens with one attached hydrogen (secondary N) is 1. The molecular formula is C23H27N5O2S2. The Kier molecular flexibility index (Phi) is 7.59. The van der Waals surface area contributed by atoms with Crippen molar-refractivity contribution in [3.8, 4) is 17.0 Å². The van der Waals surface area contributed by atoms with E-state index in [-0.39, 0.29) is 11.7 Å². The van der Waals surface area contributed by atoms with Gasteiger partial charge >= 0.3 is 0 Å². The first kappa shape index (κ1) is 22.5. The van der Waals surface area contributed by atoms with Crippen LogP contribution in [0.3, 0.4) is 0 Å². The van der Waals surface area contributed by atoms with Gasteiger partial charge in [0.25, 0.3) is 0 Å². The zero-order chi connectivity index (χ0) is 22.3. The molecule has 1 aliphatic carbocycles. The van der Waals surface area contributed by atoms with Gasteiger partial charge in [-0.25, -0.2) is 4.98 Å². The molecule has 2 aromatic heterocycles. The molecule has 0 aliphatic heterocycles. The average molecular weight is 470 g/mol. The molecule has 0 spiro atoms. The molecule has 1 fully saturated rings. The van der Waals surface area contributed by atoms with Crippen molar-refractivity contribution in [1.29, 1.82) is 0 Å². The molecule has 2 heterocycles. The van der Waals surface area contributed by atoms with E-state index in [1.165, 1.54) is 42.4 Å². The van der Waals surface area contributed by atoms with Crippen LogP contribution in [0.15, 0.2) is 47.5 Å². The van der Waals surface area contributed by atoms with Gasteiger partial charge in [-0.3, -0.25) is 4.79 Å². The van der Waals surface area contributed by atoms with Gasteiger partial charge in [-0.05, 0) is 37.1 Å². The number of carbonyl (C=O) groups excluding carboxylic acids is 1. The monoisotopic (exact) mass is 469 g/mol. The number of carbonyl (C=O) groups is 1. The van der Waals surface area contributed by atoms with Crippen molar-refractivity contribution in [2.45, 2.75) is 49.7 Å². The number of hydrogen-bond donors (Lipinski definition) is 1. The lowest BCUT2D eigenvalue weighted by Crippen LogP contribution is -2.15. The number of nitrogens with zero attached hydrogens (tertiary/aromatic N) is 4. The molecule has 1 saturated carbocycles. The third-order valence-electron chi connectivity index (χ3n) is 5.50. The number of ether oxygens (including phenoxy) is 1. The van der Waals surface area contributed by atoms with Crippen LogP contribution in [0.2, 0.25) is 0 Å². The summed E-state index contributed by atoms with van der Waals surface area (Å²) in [4.78, 5) is 17.1. The molecule has 0 atom stereocenters. The highest BCUT2D eigenvalue weighted by molar-refractivity contribution is 7.99. The quantitative estimate of drug-likeness (QED) is 0.335. The SMILES string of the molecule is C=CCn1c(SCC(=O)Nc2nc(-c3ccc(OC)cc3)cs2)nnc1C1CCCCC1. The lowest BCUT2D eigenvalue weighted by atomic mass is 9.89. The van der Waals surface area contributed by atoms with Gasteiger partial charge in [0.15, 0.2) is 10.3 Å². The number of thiazole rings is 1. The van der Waals surface area contributed by atoms with E-state index in [4.69, 9.17) is 4.74 Å². The Morgan fingerprint density at radius 3 is 2.78 bits per heavy atom. The fourth-order valence-corrected chi connectivity index (χ4v) is 5.37. The van der Waals surface area contributed by atoms with Gasteiger partial charge in [0, 0.05) is 23.4 Å². The first-order valence-corrected chi connectivity index (χ1v) is 12.6. The van der Waals surface area contributed by atoms with Gasteiger partial charge in [-0.2, -0.15) is 0 Å². The van der Waals surface area contributed by atoms with Crippen LogP contribution >= 0.6 is 23.1 Å². The van der Waals surface area contributed by atoms with Gasteiger partial charge in [-0.15, -0.1) is 28.1 Å². The van der Waals surface area contributed by atoms with Gasteiger partial charge in [-0.1, -0.05) is 37.1 Å². The molecule has 1 N–H and O–H groups in total. The summed E-state index contributed by atoms with van der Waals surface area (Å²) in [5.74, 6) is 2.41. The lowest BCUT2D eigenvalue weighted by molar-refractivity contribution is -0.113. The summed E-state index contributed by atoms with van der Waals surface area (Å²) in [5.41, 5.74) is 1.80. The zero-order valence-corrected chi connectivity index (χ0v) is 19.8. The number of anilines is 1. The standard InChI is InChI=1S/C23H27N5O2S2/c1-3-13-28-21(17-7-5-4-6-8-17)26-27-23(28)32-15-20(29)25-22-24-19(14-31-22)16-9-11-18(30-2)12-10-16/h3,9-12,14,17H,1,4-8,13,15H2,2H3,(H,24,25,29). The average Bonchev–Trinajstić information content (AvgIpc) is 3.46. The summed E-state index contributed by atoms with van der Waals surface area (Å²) in [6.07, 6.45) is 7.94. The first-order chi connectivity index (χ1) is 15.7. The number of amides is 1. The minimum Gasteiger partial charge on any atom is -0.497 e. The second-order valence-corrected chi connectivity index (χ2v) is 9.48. The molecule has 1 aromatic carbocycles. The Morgan fingerprint density at radius 1 is 1.28 bits per heavy atom. The topological polar surface area (TPSA) is 81.9 Å². The summed E-state index contributed by atoms with van der Waals surface area (Å²) >= 11 is 2.81. The maximum Gasteiger partial charge on any atom is 0.236 e. The van der Waals surface area contributed by atoms with Crippen molar-refractivity contribution >= 4 is 34.1 Å². The van der Waals surface area contributed by atoms with Gasteiger partial charge in [0.05, 0.1) is 18.6 Å². The Morgan fingerprint density at radius 2 is 2.06 bits per heavy atom. The minimum atomic E-state index is -0.113. The van der Waals surface area contributed by atoms with E-state index in [9.17, 15) is 4.79 Å². The summed E-state index contributed by atoms with van der Waals surface area (Å²) in [6, 6.07) is 7.69. The molecule has 9 heteroatoms. The van der Waals surface area contributed by atoms with Crippen molar-refractivity contribution in [2.75, 3.05) is 18.2 Å². The number of aromatic nitrogens is 4. The highest BCUT2D eigenvalue weighted by Gasteiger charge is 2.23. The molecule has 7 nitrogen and oxygen atoms in total. The van der Waals surface area contributed by atoms with Crippen molar-refractivity contribution in [1.82, 2.24) is 19.7 Å². The molecule has 1 amide bonds. The van der Waals surface area contributed by atoms with Crippen LogP contribution in [0.1, 0.15) is 43.8 Å². The molecule has 168 valence electrons. The molecule has 3 aromatic rings. The highest BCUT2D eigenvalue weighted by Crippen LogP contribution is 2.33. The van der Waals surface area contributed by atoms with Crippen LogP contribution in [-0.2, 0) is 11.3 Å². The predicted molar refractivity (Wildman–Crippen MR) is 130 cm³/mol. The van der Waals surface area contributed by atoms with Crippen LogP contribution in [-0.4, -0.2) is 38.5 Å². The van der Waals surface area contributed by atoms with E-state index in [0.717, 1.165) is 40.8 Å². The van der Waals surface area contributed by atoms with Crippen molar-refractivity contribution in [3.05, 3.63) is 48.1 Å². The largest absolute Gasteiger partial charge is 0.497 e. The Balaban J connectivity index is 1.36. The van der Waals surface area contributed by atoms with E-state index in [1.807, 2.05) is 35.7 Å². The predicted octanol–water partition coefficient (Wildman–Crippen LogP) is 5.37. The van der Waals surface area contributed by atoms with Crippen LogP contribution in [0.4, 0.5) is 5.13 Å². The van der Waals surface area contributed by atoms with Crippen molar-refractivity contribution in [2.24, 2.45) is 0 Å². The van der Waals surface area contributed by atoms with Crippen molar-refractivity contribution in [3.63, 3.8) is 0 Å². The molecule has 1 aliphatic rings. The van der Waals surface area contributed by atoms with E-state index in [0.29, 0.717) is 17.6 Å². The maximum atomic E-state index is 12.5. The Labute approximate surface area is 196 Å². The maximum absolute atomic E-state index is 12.5. The summed E-state index contributed by atoms with van der Waals surface area (Å²) in [7, 11) is 1.64. The number of benzene rings is 1. The molecular weight excluding hydrogens is 442 g/mol. The van der Waals surface area contributed by atoms with Crippen LogP contribution in [0.5, 0.6) is 5.75 Å². The zero-order valence-electron chi connectivity index (χ0n) is 18.1. The summed E-state index contributed by atoms with van der Waals surface area (Å²) < 4.78 is 7.30. The van der Waals surface area contributed by atoms with E-state index >= 15 is 0 Å². The highest BCUT2D eigenvalue weighted by atomic mass is 32.2. The number of rotatable bonds is 9. The van der Waals surface area contributed by atoms with Crippen molar-refractivity contribution < 1.29 is 9.53 Å². The molecule has 0 bridgehead atoms. The summed E-state index contributed by atoms with van der Waals surface area (Å²) in [6.45, 7) is 4.53. The van der Waals surface area contributed by atoms with Gasteiger partial charge in [0.2, 0.25) is 5.91 Å². The van der Waals surface area contributed by atoms with Gasteiger partial charge < -0.3 is 14.6 Å². The normalized spacial score (nSPS) is 14.3. The fraction of sp³-hybridized carbons (Fsp3) is 0.391. The third kappa shape index (κ3) is 5.39. The van der Waals surface area contributed by atoms with E-state index in [2.05, 4.69) is 31.6 Å². The molecule has 0 unspecified atom stereocenters. The number of allylic oxidation sites excluding steroid dienone is 1. The Hall–Kier alpha value is -2.65. The van der Waals surface area contributed by atoms with Crippen LogP contribution in [0, 0.1) is 0 Å².